The van der Waals surface area contributed by atoms with Crippen molar-refractivity contribution in [3.05, 3.63) is 29.3 Å². The Balaban J connectivity index is 1.68. The average Bonchev–Trinajstić information content (AvgIpc) is 2.70. The number of alkyl halides is 3. The molecule has 31 heavy (non-hydrogen) atoms. The SMILES string of the molecule is N#CC12CCC(NC(=O)c3cc(C(F)(F)F)ccc3N(C3COC3)[SH](=O)=O)(CC1)CC2. The summed E-state index contributed by atoms with van der Waals surface area (Å²) in [6.07, 6.45) is -1.12. The number of thiol groups is 1. The van der Waals surface area contributed by atoms with Crippen molar-refractivity contribution in [3.8, 4) is 6.07 Å². The van der Waals surface area contributed by atoms with Crippen LogP contribution in [0.25, 0.3) is 0 Å². The summed E-state index contributed by atoms with van der Waals surface area (Å²) < 4.78 is 69.8. The fraction of sp³-hybridized carbons (Fsp3) is 0.600. The molecule has 3 saturated carbocycles. The van der Waals surface area contributed by atoms with E-state index in [4.69, 9.17) is 4.74 Å². The van der Waals surface area contributed by atoms with Crippen molar-refractivity contribution in [2.24, 2.45) is 5.41 Å². The maximum absolute atomic E-state index is 13.3. The third-order valence-electron chi connectivity index (χ3n) is 6.82. The molecule has 0 unspecified atom stereocenters. The second kappa shape index (κ2) is 7.67. The van der Waals surface area contributed by atoms with Gasteiger partial charge in [0.15, 0.2) is 0 Å². The molecule has 7 nitrogen and oxygen atoms in total. The molecule has 0 radical (unpaired) electrons. The number of hydrogen-bond acceptors (Lipinski definition) is 5. The van der Waals surface area contributed by atoms with Crippen LogP contribution in [-0.2, 0) is 21.8 Å². The molecule has 1 heterocycles. The van der Waals surface area contributed by atoms with Crippen molar-refractivity contribution < 1.29 is 31.1 Å². The summed E-state index contributed by atoms with van der Waals surface area (Å²) in [6, 6.07) is 4.31. The van der Waals surface area contributed by atoms with Crippen molar-refractivity contribution in [3.63, 3.8) is 0 Å². The van der Waals surface area contributed by atoms with Crippen LogP contribution in [-0.4, -0.2) is 39.1 Å². The second-order valence-corrected chi connectivity index (χ2v) is 9.54. The quantitative estimate of drug-likeness (QED) is 0.663. The highest BCUT2D eigenvalue weighted by molar-refractivity contribution is 7.74. The van der Waals surface area contributed by atoms with E-state index >= 15 is 0 Å². The predicted molar refractivity (Wildman–Crippen MR) is 105 cm³/mol. The fourth-order valence-electron chi connectivity index (χ4n) is 4.73. The van der Waals surface area contributed by atoms with Gasteiger partial charge in [0.1, 0.15) is 0 Å². The van der Waals surface area contributed by atoms with Gasteiger partial charge < -0.3 is 10.1 Å². The lowest BCUT2D eigenvalue weighted by Crippen LogP contribution is -2.56. The van der Waals surface area contributed by atoms with E-state index in [1.807, 2.05) is 0 Å². The molecule has 1 aromatic rings. The number of carbonyl (C=O) groups is 1. The first-order chi connectivity index (χ1) is 14.6. The van der Waals surface area contributed by atoms with Crippen LogP contribution in [0, 0.1) is 16.7 Å². The monoisotopic (exact) mass is 457 g/mol. The van der Waals surface area contributed by atoms with E-state index in [1.54, 1.807) is 0 Å². The van der Waals surface area contributed by atoms with Gasteiger partial charge in [-0.2, -0.15) is 18.4 Å². The molecule has 4 aliphatic rings. The Morgan fingerprint density at radius 1 is 1.16 bits per heavy atom. The van der Waals surface area contributed by atoms with Crippen molar-refractivity contribution in [1.29, 1.82) is 5.26 Å². The molecule has 0 aromatic heterocycles. The predicted octanol–water partition coefficient (Wildman–Crippen LogP) is 2.78. The summed E-state index contributed by atoms with van der Waals surface area (Å²) in [5, 5.41) is 12.3. The van der Waals surface area contributed by atoms with E-state index in [1.165, 1.54) is 0 Å². The van der Waals surface area contributed by atoms with Gasteiger partial charge in [0.05, 0.1) is 47.6 Å². The van der Waals surface area contributed by atoms with Gasteiger partial charge >= 0.3 is 6.18 Å². The normalized spacial score (nSPS) is 28.1. The Labute approximate surface area is 179 Å². The van der Waals surface area contributed by atoms with Crippen LogP contribution in [0.5, 0.6) is 0 Å². The maximum atomic E-state index is 13.3. The lowest BCUT2D eigenvalue weighted by Gasteiger charge is -2.50. The lowest BCUT2D eigenvalue weighted by molar-refractivity contribution is -0.137. The van der Waals surface area contributed by atoms with Crippen LogP contribution in [0.15, 0.2) is 18.2 Å². The van der Waals surface area contributed by atoms with Crippen molar-refractivity contribution in [2.75, 3.05) is 17.5 Å². The number of fused-ring (bicyclic) bond motifs is 3. The molecule has 1 saturated heterocycles. The van der Waals surface area contributed by atoms with Crippen molar-refractivity contribution in [1.82, 2.24) is 5.32 Å². The highest BCUT2D eigenvalue weighted by atomic mass is 32.2. The first-order valence-electron chi connectivity index (χ1n) is 10.0. The van der Waals surface area contributed by atoms with Crippen LogP contribution in [0.4, 0.5) is 18.9 Å². The zero-order chi connectivity index (χ0) is 22.4. The minimum absolute atomic E-state index is 0.0932. The van der Waals surface area contributed by atoms with E-state index in [0.717, 1.165) is 16.4 Å². The van der Waals surface area contributed by atoms with Gasteiger partial charge in [-0.1, -0.05) is 0 Å². The third kappa shape index (κ3) is 3.99. The number of hydrogen-bond donors (Lipinski definition) is 2. The molecular weight excluding hydrogens is 435 g/mol. The molecule has 1 N–H and O–H groups in total. The van der Waals surface area contributed by atoms with Gasteiger partial charge in [0.2, 0.25) is 10.9 Å². The molecule has 168 valence electrons. The number of rotatable bonds is 5. The Morgan fingerprint density at radius 3 is 2.23 bits per heavy atom. The number of nitrogens with one attached hydrogen (secondary N) is 1. The highest BCUT2D eigenvalue weighted by Gasteiger charge is 2.50. The number of nitriles is 1. The van der Waals surface area contributed by atoms with Gasteiger partial charge in [-0.05, 0) is 56.7 Å². The standard InChI is InChI=1S/C20H22F3N3O4S/c21-20(22,23)13-1-2-16(26(31(28)29)14-10-30-11-14)15(9-13)17(27)25-19-6-3-18(12-24,4-7-19)5-8-19/h1-2,9,14,31H,3-8,10-11H2,(H,25,27). The molecule has 11 heteroatoms. The zero-order valence-electron chi connectivity index (χ0n) is 16.6. The van der Waals surface area contributed by atoms with Crippen molar-refractivity contribution in [2.45, 2.75) is 56.3 Å². The van der Waals surface area contributed by atoms with Gasteiger partial charge in [-0.3, -0.25) is 9.10 Å². The minimum atomic E-state index is -4.68. The second-order valence-electron chi connectivity index (χ2n) is 8.63. The number of anilines is 1. The number of halogens is 3. The molecule has 1 aromatic carbocycles. The molecule has 2 bridgehead atoms. The number of benzene rings is 1. The maximum Gasteiger partial charge on any atom is 0.416 e. The highest BCUT2D eigenvalue weighted by Crippen LogP contribution is 2.52. The van der Waals surface area contributed by atoms with Gasteiger partial charge in [0, 0.05) is 5.54 Å². The Bertz CT molecular complexity index is 981. The summed E-state index contributed by atoms with van der Waals surface area (Å²) in [4.78, 5) is 13.2. The first kappa shape index (κ1) is 21.9. The fourth-order valence-corrected chi connectivity index (χ4v) is 5.48. The summed E-state index contributed by atoms with van der Waals surface area (Å²) >= 11 is 0. The van der Waals surface area contributed by atoms with Crippen molar-refractivity contribution >= 4 is 22.5 Å². The number of amides is 1. The van der Waals surface area contributed by atoms with Gasteiger partial charge in [-0.25, -0.2) is 8.42 Å². The number of ether oxygens (including phenoxy) is 1. The van der Waals surface area contributed by atoms with E-state index in [2.05, 4.69) is 11.4 Å². The average molecular weight is 457 g/mol. The van der Waals surface area contributed by atoms with Gasteiger partial charge in [-0.15, -0.1) is 0 Å². The lowest BCUT2D eigenvalue weighted by atomic mass is 9.58. The van der Waals surface area contributed by atoms with Crippen LogP contribution >= 0.6 is 0 Å². The number of carbonyl (C=O) groups excluding carboxylic acids is 1. The van der Waals surface area contributed by atoms with Crippen LogP contribution in [0.2, 0.25) is 0 Å². The molecule has 4 fully saturated rings. The molecule has 1 aliphatic heterocycles. The largest absolute Gasteiger partial charge is 0.416 e. The molecule has 0 atom stereocenters. The zero-order valence-corrected chi connectivity index (χ0v) is 17.5. The molecule has 1 amide bonds. The molecule has 3 aliphatic carbocycles. The summed E-state index contributed by atoms with van der Waals surface area (Å²) in [7, 11) is -3.19. The van der Waals surface area contributed by atoms with Crippen LogP contribution in [0.3, 0.4) is 0 Å². The minimum Gasteiger partial charge on any atom is -0.377 e. The topological polar surface area (TPSA) is 99.5 Å². The van der Waals surface area contributed by atoms with Crippen LogP contribution in [0.1, 0.15) is 54.4 Å². The summed E-state index contributed by atoms with van der Waals surface area (Å²) in [5.74, 6) is -0.741. The molecule has 0 spiro atoms. The van der Waals surface area contributed by atoms with Crippen LogP contribution < -0.4 is 9.62 Å². The van der Waals surface area contributed by atoms with E-state index in [0.29, 0.717) is 44.6 Å². The van der Waals surface area contributed by atoms with E-state index < -0.39 is 40.1 Å². The summed E-state index contributed by atoms with van der Waals surface area (Å²) in [5.41, 5.74) is -2.43. The Morgan fingerprint density at radius 2 is 1.77 bits per heavy atom. The first-order valence-corrected chi connectivity index (χ1v) is 11.2. The Kier molecular flexibility index (Phi) is 5.42. The third-order valence-corrected chi connectivity index (χ3v) is 7.71. The molecule has 5 rings (SSSR count). The number of nitrogens with zero attached hydrogens (tertiary/aromatic N) is 2. The van der Waals surface area contributed by atoms with E-state index in [9.17, 15) is 31.6 Å². The van der Waals surface area contributed by atoms with E-state index in [-0.39, 0.29) is 29.9 Å². The summed E-state index contributed by atoms with van der Waals surface area (Å²) in [6.45, 7) is 0.206. The van der Waals surface area contributed by atoms with Gasteiger partial charge in [0.25, 0.3) is 5.91 Å². The Hall–Kier alpha value is -2.32. The smallest absolute Gasteiger partial charge is 0.377 e. The molecular formula is C20H22F3N3O4S.